The molecule has 5 heteroatoms. The van der Waals surface area contributed by atoms with Crippen molar-refractivity contribution >= 4 is 16.9 Å². The van der Waals surface area contributed by atoms with Crippen molar-refractivity contribution in [2.75, 3.05) is 7.11 Å². The molecular formula is C18H17NO4. The number of rotatable bonds is 4. The van der Waals surface area contributed by atoms with Crippen LogP contribution in [0.1, 0.15) is 24.2 Å². The molecule has 5 nitrogen and oxygen atoms in total. The minimum absolute atomic E-state index is 0.0422. The average Bonchev–Trinajstić information content (AvgIpc) is 2.93. The maximum absolute atomic E-state index is 12.3. The lowest BCUT2D eigenvalue weighted by Gasteiger charge is -2.09. The molecule has 0 N–H and O–H groups in total. The topological polar surface area (TPSA) is 61.6 Å². The van der Waals surface area contributed by atoms with Crippen molar-refractivity contribution in [2.24, 2.45) is 0 Å². The first-order valence-corrected chi connectivity index (χ1v) is 7.32. The summed E-state index contributed by atoms with van der Waals surface area (Å²) in [6.07, 6.45) is 3.34. The van der Waals surface area contributed by atoms with E-state index in [1.165, 1.54) is 7.11 Å². The zero-order chi connectivity index (χ0) is 16.4. The predicted octanol–water partition coefficient (Wildman–Crippen LogP) is 4.07. The summed E-state index contributed by atoms with van der Waals surface area (Å²) < 4.78 is 16.5. The molecule has 2 heterocycles. The maximum Gasteiger partial charge on any atom is 0.342 e. The van der Waals surface area contributed by atoms with E-state index in [0.29, 0.717) is 28.0 Å². The van der Waals surface area contributed by atoms with E-state index in [2.05, 4.69) is 4.98 Å². The second kappa shape index (κ2) is 6.12. The quantitative estimate of drug-likeness (QED) is 0.680. The Morgan fingerprint density at radius 1 is 1.17 bits per heavy atom. The van der Waals surface area contributed by atoms with E-state index in [9.17, 15) is 4.79 Å². The van der Waals surface area contributed by atoms with Gasteiger partial charge >= 0.3 is 5.97 Å². The summed E-state index contributed by atoms with van der Waals surface area (Å²) in [6, 6.07) is 8.99. The van der Waals surface area contributed by atoms with E-state index in [1.54, 1.807) is 36.7 Å². The van der Waals surface area contributed by atoms with Crippen LogP contribution in [-0.4, -0.2) is 24.2 Å². The molecule has 0 atom stereocenters. The van der Waals surface area contributed by atoms with Gasteiger partial charge in [-0.25, -0.2) is 4.79 Å². The van der Waals surface area contributed by atoms with Crippen molar-refractivity contribution in [3.63, 3.8) is 0 Å². The van der Waals surface area contributed by atoms with E-state index >= 15 is 0 Å². The summed E-state index contributed by atoms with van der Waals surface area (Å²) in [4.78, 5) is 16.3. The third-order valence-electron chi connectivity index (χ3n) is 3.36. The monoisotopic (exact) mass is 311 g/mol. The Morgan fingerprint density at radius 3 is 2.57 bits per heavy atom. The van der Waals surface area contributed by atoms with Crippen molar-refractivity contribution in [1.82, 2.24) is 4.98 Å². The molecule has 0 fully saturated rings. The fourth-order valence-electron chi connectivity index (χ4n) is 2.43. The van der Waals surface area contributed by atoms with Gasteiger partial charge in [-0.1, -0.05) is 0 Å². The van der Waals surface area contributed by atoms with Gasteiger partial charge in [-0.05, 0) is 44.2 Å². The number of hydrogen-bond donors (Lipinski definition) is 0. The Labute approximate surface area is 133 Å². The van der Waals surface area contributed by atoms with Gasteiger partial charge < -0.3 is 13.9 Å². The number of hydrogen-bond acceptors (Lipinski definition) is 5. The first-order chi connectivity index (χ1) is 11.1. The van der Waals surface area contributed by atoms with Gasteiger partial charge in [-0.2, -0.15) is 0 Å². The van der Waals surface area contributed by atoms with Crippen LogP contribution in [0.4, 0.5) is 0 Å². The molecule has 0 amide bonds. The fourth-order valence-corrected chi connectivity index (χ4v) is 2.43. The van der Waals surface area contributed by atoms with Gasteiger partial charge in [0.05, 0.1) is 13.2 Å². The van der Waals surface area contributed by atoms with Gasteiger partial charge in [-0.15, -0.1) is 0 Å². The molecule has 0 unspecified atom stereocenters. The Morgan fingerprint density at radius 2 is 1.91 bits per heavy atom. The molecule has 0 spiro atoms. The van der Waals surface area contributed by atoms with E-state index < -0.39 is 5.97 Å². The average molecular weight is 311 g/mol. The van der Waals surface area contributed by atoms with Gasteiger partial charge in [0.15, 0.2) is 0 Å². The van der Waals surface area contributed by atoms with Crippen LogP contribution in [0, 0.1) is 0 Å². The molecule has 2 aromatic heterocycles. The van der Waals surface area contributed by atoms with E-state index in [1.807, 2.05) is 19.9 Å². The van der Waals surface area contributed by atoms with Gasteiger partial charge in [0, 0.05) is 23.3 Å². The summed E-state index contributed by atoms with van der Waals surface area (Å²) in [5, 5.41) is 0.668. The molecule has 0 aliphatic carbocycles. The highest BCUT2D eigenvalue weighted by Crippen LogP contribution is 2.35. The molecule has 0 saturated carbocycles. The van der Waals surface area contributed by atoms with Crippen LogP contribution in [0.3, 0.4) is 0 Å². The zero-order valence-electron chi connectivity index (χ0n) is 13.2. The largest absolute Gasteiger partial charge is 0.491 e. The molecule has 1 aromatic carbocycles. The normalized spacial score (nSPS) is 11.0. The Kier molecular flexibility index (Phi) is 4.02. The Balaban J connectivity index is 2.22. The number of carbonyl (C=O) groups is 1. The smallest absolute Gasteiger partial charge is 0.342 e. The molecule has 118 valence electrons. The lowest BCUT2D eigenvalue weighted by atomic mass is 10.1. The zero-order valence-corrected chi connectivity index (χ0v) is 13.2. The summed E-state index contributed by atoms with van der Waals surface area (Å²) >= 11 is 0. The number of methoxy groups -OCH3 is 1. The number of fused-ring (bicyclic) bond motifs is 1. The SMILES string of the molecule is COC(=O)c1c(-c2ccncc2)oc2ccc(OC(C)C)cc12. The van der Waals surface area contributed by atoms with E-state index in [-0.39, 0.29) is 6.10 Å². The molecule has 0 aliphatic heterocycles. The van der Waals surface area contributed by atoms with Gasteiger partial charge in [0.25, 0.3) is 0 Å². The summed E-state index contributed by atoms with van der Waals surface area (Å²) in [5.74, 6) is 0.702. The molecule has 0 bridgehead atoms. The standard InChI is InChI=1S/C18H17NO4/c1-11(2)22-13-4-5-15-14(10-13)16(18(20)21-3)17(23-15)12-6-8-19-9-7-12/h4-11H,1-3H3. The molecule has 0 saturated heterocycles. The molecule has 0 radical (unpaired) electrons. The lowest BCUT2D eigenvalue weighted by molar-refractivity contribution is 0.0603. The van der Waals surface area contributed by atoms with Crippen molar-refractivity contribution in [3.8, 4) is 17.1 Å². The number of aromatic nitrogens is 1. The highest BCUT2D eigenvalue weighted by atomic mass is 16.5. The number of pyridine rings is 1. The number of nitrogens with zero attached hydrogens (tertiary/aromatic N) is 1. The van der Waals surface area contributed by atoms with Crippen LogP contribution >= 0.6 is 0 Å². The van der Waals surface area contributed by atoms with Gasteiger partial charge in [0.1, 0.15) is 22.7 Å². The maximum atomic E-state index is 12.3. The Hall–Kier alpha value is -2.82. The van der Waals surface area contributed by atoms with Crippen LogP contribution in [0.25, 0.3) is 22.3 Å². The van der Waals surface area contributed by atoms with Crippen molar-refractivity contribution in [3.05, 3.63) is 48.3 Å². The van der Waals surface area contributed by atoms with Crippen LogP contribution < -0.4 is 4.74 Å². The second-order valence-electron chi connectivity index (χ2n) is 5.36. The molecular weight excluding hydrogens is 294 g/mol. The number of esters is 1. The van der Waals surface area contributed by atoms with Crippen molar-refractivity contribution < 1.29 is 18.7 Å². The lowest BCUT2D eigenvalue weighted by Crippen LogP contribution is -2.05. The molecule has 0 aliphatic rings. The van der Waals surface area contributed by atoms with E-state index in [4.69, 9.17) is 13.9 Å². The number of ether oxygens (including phenoxy) is 2. The third-order valence-corrected chi connectivity index (χ3v) is 3.36. The number of carbonyl (C=O) groups excluding carboxylic acids is 1. The summed E-state index contributed by atoms with van der Waals surface area (Å²) in [6.45, 7) is 3.90. The summed E-state index contributed by atoms with van der Waals surface area (Å²) in [5.41, 5.74) is 1.76. The van der Waals surface area contributed by atoms with Crippen LogP contribution in [0.5, 0.6) is 5.75 Å². The van der Waals surface area contributed by atoms with Crippen molar-refractivity contribution in [1.29, 1.82) is 0 Å². The highest BCUT2D eigenvalue weighted by molar-refractivity contribution is 6.09. The minimum Gasteiger partial charge on any atom is -0.491 e. The molecule has 3 aromatic rings. The van der Waals surface area contributed by atoms with Crippen molar-refractivity contribution in [2.45, 2.75) is 20.0 Å². The number of furan rings is 1. The molecule has 23 heavy (non-hydrogen) atoms. The van der Waals surface area contributed by atoms with Crippen LogP contribution in [0.15, 0.2) is 47.1 Å². The summed E-state index contributed by atoms with van der Waals surface area (Å²) in [7, 11) is 1.35. The first-order valence-electron chi connectivity index (χ1n) is 7.32. The highest BCUT2D eigenvalue weighted by Gasteiger charge is 2.23. The van der Waals surface area contributed by atoms with Gasteiger partial charge in [-0.3, -0.25) is 4.98 Å². The second-order valence-corrected chi connectivity index (χ2v) is 5.36. The van der Waals surface area contributed by atoms with Crippen LogP contribution in [-0.2, 0) is 4.74 Å². The third kappa shape index (κ3) is 2.90. The number of benzene rings is 1. The fraction of sp³-hybridized carbons (Fsp3) is 0.222. The van der Waals surface area contributed by atoms with Gasteiger partial charge in [0.2, 0.25) is 0 Å². The predicted molar refractivity (Wildman–Crippen MR) is 86.5 cm³/mol. The van der Waals surface area contributed by atoms with E-state index in [0.717, 1.165) is 5.56 Å². The minimum atomic E-state index is -0.447. The Bertz CT molecular complexity index is 837. The van der Waals surface area contributed by atoms with Crippen LogP contribution in [0.2, 0.25) is 0 Å². The first kappa shape index (κ1) is 15.1. The molecule has 3 rings (SSSR count).